The summed E-state index contributed by atoms with van der Waals surface area (Å²) in [7, 11) is 1.54. The van der Waals surface area contributed by atoms with E-state index in [0.717, 1.165) is 16.1 Å². The molecule has 2 aliphatic heterocycles. The maximum atomic E-state index is 15.4. The highest BCUT2D eigenvalue weighted by Crippen LogP contribution is 2.65. The van der Waals surface area contributed by atoms with E-state index in [1.165, 1.54) is 18.1 Å². The second-order valence-corrected chi connectivity index (χ2v) is 15.4. The maximum absolute atomic E-state index is 15.4. The summed E-state index contributed by atoms with van der Waals surface area (Å²) in [6.07, 6.45) is 2.26. The summed E-state index contributed by atoms with van der Waals surface area (Å²) in [6, 6.07) is 22.1. The number of phenolic OH excluding ortho intramolecular Hbond substituents is 1. The van der Waals surface area contributed by atoms with Crippen molar-refractivity contribution in [1.29, 1.82) is 0 Å². The first-order valence-corrected chi connectivity index (χ1v) is 18.4. The van der Waals surface area contributed by atoms with Crippen LogP contribution in [0.3, 0.4) is 0 Å². The Morgan fingerprint density at radius 3 is 2.28 bits per heavy atom. The van der Waals surface area contributed by atoms with Gasteiger partial charge in [0.1, 0.15) is 11.5 Å². The lowest BCUT2D eigenvalue weighted by atomic mass is 9.49. The summed E-state index contributed by atoms with van der Waals surface area (Å²) in [5.41, 5.74) is 5.13. The molecule has 2 heterocycles. The number of imide groups is 2. The Morgan fingerprint density at radius 1 is 0.830 bits per heavy atom. The van der Waals surface area contributed by atoms with Crippen LogP contribution in [0.1, 0.15) is 41.0 Å². The van der Waals surface area contributed by atoms with Gasteiger partial charge < -0.3 is 9.84 Å². The number of para-hydroxylation sites is 1. The maximum Gasteiger partial charge on any atom is 0.260 e. The van der Waals surface area contributed by atoms with Crippen molar-refractivity contribution in [3.05, 3.63) is 128 Å². The molecule has 8 rings (SSSR count). The topological polar surface area (TPSA) is 116 Å². The van der Waals surface area contributed by atoms with Crippen LogP contribution in [0.5, 0.6) is 11.5 Å². The fourth-order valence-electron chi connectivity index (χ4n) is 9.08. The van der Waals surface area contributed by atoms with Gasteiger partial charge in [-0.15, -0.1) is 0 Å². The fourth-order valence-corrected chi connectivity index (χ4v) is 9.70. The Kier molecular flexibility index (Phi) is 8.59. The molecule has 4 aromatic carbocycles. The lowest BCUT2D eigenvalue weighted by molar-refractivity contribution is -0.138. The molecule has 12 heteroatoms. The van der Waals surface area contributed by atoms with Gasteiger partial charge in [-0.25, -0.2) is 4.90 Å². The molecule has 4 amide bonds. The molecule has 6 atom stereocenters. The van der Waals surface area contributed by atoms with Crippen LogP contribution in [0.15, 0.2) is 90.5 Å². The molecule has 1 saturated carbocycles. The third-order valence-electron chi connectivity index (χ3n) is 11.6. The summed E-state index contributed by atoms with van der Waals surface area (Å²) in [4.78, 5) is 60.2. The molecule has 0 spiro atoms. The van der Waals surface area contributed by atoms with Crippen molar-refractivity contribution in [3.8, 4) is 11.5 Å². The molecule has 9 nitrogen and oxygen atoms in total. The average molecular weight is 771 g/mol. The van der Waals surface area contributed by atoms with Gasteiger partial charge in [0.2, 0.25) is 11.8 Å². The van der Waals surface area contributed by atoms with Crippen LogP contribution in [-0.4, -0.2) is 40.9 Å². The Hall–Kier alpha value is -4.83. The van der Waals surface area contributed by atoms with Gasteiger partial charge in [-0.3, -0.25) is 24.6 Å². The number of phenols is 1. The standard InChI is InChI=1S/C41H34Cl3N3O6/c1-20-7-11-24(18-31(20)43)46-37(49)27-15-14-26-29(34(27)39(46)51)19-30-38(50)47(45-33-16-10-23(42)17-32(33)44)40(52)41(30,22-8-12-25(53-3)13-9-22)35(26)28-6-4-5-21(2)36(28)48/h4-14,16-18,27,29-30,34-35,45,48H,15,19H2,1-3H3/t27-,29+,30-,34-,35+,41+/m0/s1. The number of benzene rings is 4. The van der Waals surface area contributed by atoms with Crippen LogP contribution >= 0.6 is 34.8 Å². The van der Waals surface area contributed by atoms with E-state index in [1.54, 1.807) is 79.7 Å². The number of nitrogens with zero attached hydrogens (tertiary/aromatic N) is 2. The number of halogens is 3. The van der Waals surface area contributed by atoms with Crippen molar-refractivity contribution in [2.75, 3.05) is 17.4 Å². The van der Waals surface area contributed by atoms with E-state index >= 15 is 4.79 Å². The minimum atomic E-state index is -1.59. The Bertz CT molecular complexity index is 2280. The van der Waals surface area contributed by atoms with Crippen LogP contribution in [0.2, 0.25) is 15.1 Å². The number of carbonyl (C=O) groups is 4. The number of nitrogens with one attached hydrogen (secondary N) is 1. The minimum absolute atomic E-state index is 0.0232. The van der Waals surface area contributed by atoms with E-state index in [0.29, 0.717) is 38.2 Å². The van der Waals surface area contributed by atoms with E-state index in [4.69, 9.17) is 39.5 Å². The molecule has 4 aliphatic rings. The first kappa shape index (κ1) is 35.2. The molecular weight excluding hydrogens is 737 g/mol. The second-order valence-electron chi connectivity index (χ2n) is 14.2. The minimum Gasteiger partial charge on any atom is -0.507 e. The van der Waals surface area contributed by atoms with Gasteiger partial charge in [-0.05, 0) is 91.8 Å². The van der Waals surface area contributed by atoms with E-state index in [1.807, 2.05) is 13.0 Å². The van der Waals surface area contributed by atoms with Crippen LogP contribution < -0.4 is 15.1 Å². The van der Waals surface area contributed by atoms with Gasteiger partial charge in [-0.2, -0.15) is 5.01 Å². The zero-order chi connectivity index (χ0) is 37.5. The zero-order valence-corrected chi connectivity index (χ0v) is 31.2. The lowest BCUT2D eigenvalue weighted by Gasteiger charge is -2.50. The summed E-state index contributed by atoms with van der Waals surface area (Å²) < 4.78 is 5.46. The number of hydrazine groups is 1. The predicted molar refractivity (Wildman–Crippen MR) is 202 cm³/mol. The summed E-state index contributed by atoms with van der Waals surface area (Å²) >= 11 is 19.2. The molecule has 4 aromatic rings. The Morgan fingerprint density at radius 2 is 1.58 bits per heavy atom. The number of hydrogen-bond acceptors (Lipinski definition) is 7. The third-order valence-corrected chi connectivity index (χ3v) is 12.5. The molecule has 0 bridgehead atoms. The van der Waals surface area contributed by atoms with Crippen molar-refractivity contribution in [3.63, 3.8) is 0 Å². The quantitative estimate of drug-likeness (QED) is 0.150. The highest BCUT2D eigenvalue weighted by atomic mass is 35.5. The highest BCUT2D eigenvalue weighted by Gasteiger charge is 2.70. The van der Waals surface area contributed by atoms with Gasteiger partial charge in [0.15, 0.2) is 0 Å². The van der Waals surface area contributed by atoms with E-state index in [2.05, 4.69) is 5.43 Å². The van der Waals surface area contributed by atoms with Gasteiger partial charge >= 0.3 is 0 Å². The van der Waals surface area contributed by atoms with Crippen LogP contribution in [0.4, 0.5) is 11.4 Å². The molecule has 53 heavy (non-hydrogen) atoms. The van der Waals surface area contributed by atoms with Crippen molar-refractivity contribution >= 4 is 69.8 Å². The molecule has 0 aromatic heterocycles. The van der Waals surface area contributed by atoms with Crippen molar-refractivity contribution in [2.24, 2.45) is 23.7 Å². The van der Waals surface area contributed by atoms with E-state index in [9.17, 15) is 19.5 Å². The number of hydrogen-bond donors (Lipinski definition) is 2. The normalized spacial score (nSPS) is 26.3. The second kappa shape index (κ2) is 12.9. The smallest absolute Gasteiger partial charge is 0.260 e. The average Bonchev–Trinajstić information content (AvgIpc) is 3.52. The summed E-state index contributed by atoms with van der Waals surface area (Å²) in [5, 5.41) is 13.8. The number of allylic oxidation sites excluding steroid dienone is 2. The number of ether oxygens (including phenoxy) is 1. The molecule has 2 N–H and O–H groups in total. The molecule has 2 aliphatic carbocycles. The fraction of sp³-hybridized carbons (Fsp3) is 0.268. The molecule has 0 radical (unpaired) electrons. The number of amides is 4. The first-order chi connectivity index (χ1) is 25.4. The SMILES string of the molecule is COc1ccc([C@@]23C(=O)N(Nc4ccc(Cl)cc4Cl)C(=O)[C@@H]2C[C@@H]2C(=CC[C@@H]4C(=O)N(c5ccc(C)c(Cl)c5)C(=O)[C@@H]42)[C@@H]3c2cccc(C)c2O)cc1. The number of anilines is 2. The third kappa shape index (κ3) is 5.19. The van der Waals surface area contributed by atoms with Crippen LogP contribution in [-0.2, 0) is 24.6 Å². The van der Waals surface area contributed by atoms with Crippen molar-refractivity contribution in [2.45, 2.75) is 38.0 Å². The molecule has 270 valence electrons. The largest absolute Gasteiger partial charge is 0.507 e. The lowest BCUT2D eigenvalue weighted by Crippen LogP contribution is -2.53. The van der Waals surface area contributed by atoms with Crippen molar-refractivity contribution in [1.82, 2.24) is 5.01 Å². The number of carbonyl (C=O) groups excluding carboxylic acids is 4. The number of fused-ring (bicyclic) bond motifs is 4. The Labute approximate surface area is 321 Å². The summed E-state index contributed by atoms with van der Waals surface area (Å²) in [5.74, 6) is -5.35. The van der Waals surface area contributed by atoms with Gasteiger partial charge in [0.05, 0.1) is 46.7 Å². The van der Waals surface area contributed by atoms with E-state index < -0.39 is 46.8 Å². The number of rotatable bonds is 6. The van der Waals surface area contributed by atoms with Gasteiger partial charge in [-0.1, -0.05) is 82.9 Å². The molecular formula is C41H34Cl3N3O6. The first-order valence-electron chi connectivity index (χ1n) is 17.3. The van der Waals surface area contributed by atoms with Gasteiger partial charge in [0.25, 0.3) is 11.8 Å². The molecule has 0 unspecified atom stereocenters. The number of methoxy groups -OCH3 is 1. The Balaban J connectivity index is 1.34. The van der Waals surface area contributed by atoms with Crippen molar-refractivity contribution < 1.29 is 29.0 Å². The van der Waals surface area contributed by atoms with E-state index in [-0.39, 0.29) is 41.1 Å². The summed E-state index contributed by atoms with van der Waals surface area (Å²) in [6.45, 7) is 3.61. The molecule has 3 fully saturated rings. The number of aromatic hydroxyl groups is 1. The van der Waals surface area contributed by atoms with Crippen LogP contribution in [0, 0.1) is 37.5 Å². The van der Waals surface area contributed by atoms with Gasteiger partial charge in [0, 0.05) is 21.5 Å². The zero-order valence-electron chi connectivity index (χ0n) is 28.9. The molecule has 2 saturated heterocycles. The predicted octanol–water partition coefficient (Wildman–Crippen LogP) is 8.17. The monoisotopic (exact) mass is 769 g/mol. The van der Waals surface area contributed by atoms with Crippen LogP contribution in [0.25, 0.3) is 0 Å². The number of aryl methyl sites for hydroxylation is 2. The highest BCUT2D eigenvalue weighted by molar-refractivity contribution is 6.36.